The maximum atomic E-state index is 5.58. The van der Waals surface area contributed by atoms with Crippen molar-refractivity contribution in [3.05, 3.63) is 18.3 Å². The number of anilines is 1. The molecule has 0 aliphatic heterocycles. The minimum Gasteiger partial charge on any atom is -0.490 e. The fraction of sp³-hybridized carbons (Fsp3) is 0.583. The van der Waals surface area contributed by atoms with E-state index in [9.17, 15) is 0 Å². The Morgan fingerprint density at radius 1 is 1.41 bits per heavy atom. The van der Waals surface area contributed by atoms with E-state index in [2.05, 4.69) is 25.8 Å². The second kappa shape index (κ2) is 8.31. The Bertz CT molecular complexity index is 323. The average molecular weight is 303 g/mol. The number of halogens is 1. The Kier molecular flexibility index (Phi) is 6.96. The lowest BCUT2D eigenvalue weighted by atomic mass is 10.3. The normalized spacial score (nSPS) is 10.3. The van der Waals surface area contributed by atoms with Crippen LogP contribution in [0.5, 0.6) is 5.75 Å². The van der Waals surface area contributed by atoms with Crippen LogP contribution >= 0.6 is 15.9 Å². The van der Waals surface area contributed by atoms with Crippen LogP contribution < -0.4 is 9.64 Å². The van der Waals surface area contributed by atoms with E-state index in [1.54, 1.807) is 13.3 Å². The molecule has 1 aromatic rings. The molecule has 0 radical (unpaired) electrons. The van der Waals surface area contributed by atoms with Gasteiger partial charge in [-0.15, -0.1) is 0 Å². The van der Waals surface area contributed by atoms with Crippen molar-refractivity contribution in [3.63, 3.8) is 0 Å². The predicted octanol–water partition coefficient (Wildman–Crippen LogP) is 2.33. The summed E-state index contributed by atoms with van der Waals surface area (Å²) in [5.41, 5.74) is 0. The lowest BCUT2D eigenvalue weighted by molar-refractivity contribution is 0.205. The first-order valence-corrected chi connectivity index (χ1v) is 6.83. The standard InChI is InChI=1S/C12H19BrN2O2/c1-3-17-11-5-4-7-14-12(11)15(8-6-13)9-10-16-2/h4-5,7H,3,6,8-10H2,1-2H3. The van der Waals surface area contributed by atoms with Crippen LogP contribution in [-0.2, 0) is 4.74 Å². The van der Waals surface area contributed by atoms with Crippen LogP contribution in [0, 0.1) is 0 Å². The van der Waals surface area contributed by atoms with Gasteiger partial charge in [0.2, 0.25) is 0 Å². The smallest absolute Gasteiger partial charge is 0.171 e. The molecule has 96 valence electrons. The van der Waals surface area contributed by atoms with Crippen molar-refractivity contribution in [2.75, 3.05) is 43.6 Å². The summed E-state index contributed by atoms with van der Waals surface area (Å²) in [5, 5.41) is 0.888. The summed E-state index contributed by atoms with van der Waals surface area (Å²) in [4.78, 5) is 6.55. The van der Waals surface area contributed by atoms with E-state index in [1.165, 1.54) is 0 Å². The highest BCUT2D eigenvalue weighted by Crippen LogP contribution is 2.25. The summed E-state index contributed by atoms with van der Waals surface area (Å²) < 4.78 is 10.7. The summed E-state index contributed by atoms with van der Waals surface area (Å²) in [6.45, 7) is 4.97. The molecule has 1 rings (SSSR count). The van der Waals surface area contributed by atoms with Gasteiger partial charge in [0.1, 0.15) is 0 Å². The molecule has 0 aliphatic carbocycles. The van der Waals surface area contributed by atoms with E-state index in [0.717, 1.165) is 30.0 Å². The second-order valence-electron chi connectivity index (χ2n) is 3.43. The Hall–Kier alpha value is -0.810. The number of aromatic nitrogens is 1. The molecule has 0 fully saturated rings. The molecule has 0 atom stereocenters. The van der Waals surface area contributed by atoms with E-state index in [-0.39, 0.29) is 0 Å². The van der Waals surface area contributed by atoms with Crippen LogP contribution in [0.1, 0.15) is 6.92 Å². The number of methoxy groups -OCH3 is 1. The van der Waals surface area contributed by atoms with E-state index in [1.807, 2.05) is 19.1 Å². The van der Waals surface area contributed by atoms with Crippen LogP contribution in [0.25, 0.3) is 0 Å². The van der Waals surface area contributed by atoms with Gasteiger partial charge in [-0.3, -0.25) is 0 Å². The zero-order valence-electron chi connectivity index (χ0n) is 10.4. The van der Waals surface area contributed by atoms with Crippen molar-refractivity contribution in [2.24, 2.45) is 0 Å². The van der Waals surface area contributed by atoms with Gasteiger partial charge in [0.25, 0.3) is 0 Å². The highest BCUT2D eigenvalue weighted by Gasteiger charge is 2.12. The first-order chi connectivity index (χ1) is 8.33. The first kappa shape index (κ1) is 14.3. The van der Waals surface area contributed by atoms with Gasteiger partial charge in [-0.05, 0) is 19.1 Å². The summed E-state index contributed by atoms with van der Waals surface area (Å²) in [7, 11) is 1.70. The van der Waals surface area contributed by atoms with Crippen molar-refractivity contribution in [1.82, 2.24) is 4.98 Å². The van der Waals surface area contributed by atoms with Gasteiger partial charge in [0, 0.05) is 31.7 Å². The third kappa shape index (κ3) is 4.52. The predicted molar refractivity (Wildman–Crippen MR) is 73.3 cm³/mol. The summed E-state index contributed by atoms with van der Waals surface area (Å²) in [5.74, 6) is 1.71. The van der Waals surface area contributed by atoms with Gasteiger partial charge in [0.15, 0.2) is 11.6 Å². The molecule has 4 nitrogen and oxygen atoms in total. The van der Waals surface area contributed by atoms with Crippen molar-refractivity contribution >= 4 is 21.7 Å². The maximum absolute atomic E-state index is 5.58. The largest absolute Gasteiger partial charge is 0.490 e. The molecule has 1 aromatic heterocycles. The van der Waals surface area contributed by atoms with Crippen molar-refractivity contribution in [1.29, 1.82) is 0 Å². The molecule has 0 unspecified atom stereocenters. The summed E-state index contributed by atoms with van der Waals surface area (Å²) >= 11 is 3.45. The molecule has 0 saturated carbocycles. The van der Waals surface area contributed by atoms with Crippen molar-refractivity contribution in [2.45, 2.75) is 6.92 Å². The molecule has 0 spiro atoms. The molecule has 0 saturated heterocycles. The minimum absolute atomic E-state index is 0.644. The topological polar surface area (TPSA) is 34.6 Å². The number of hydrogen-bond acceptors (Lipinski definition) is 4. The van der Waals surface area contributed by atoms with Crippen molar-refractivity contribution < 1.29 is 9.47 Å². The third-order valence-corrected chi connectivity index (χ3v) is 2.62. The van der Waals surface area contributed by atoms with Crippen LogP contribution in [0.15, 0.2) is 18.3 Å². The zero-order chi connectivity index (χ0) is 12.5. The molecule has 17 heavy (non-hydrogen) atoms. The lowest BCUT2D eigenvalue weighted by Crippen LogP contribution is -2.30. The van der Waals surface area contributed by atoms with E-state index in [4.69, 9.17) is 9.47 Å². The number of ether oxygens (including phenoxy) is 2. The summed E-state index contributed by atoms with van der Waals surface area (Å²) in [6.07, 6.45) is 1.78. The average Bonchev–Trinajstić information content (AvgIpc) is 2.36. The van der Waals surface area contributed by atoms with Crippen LogP contribution in [0.4, 0.5) is 5.82 Å². The molecule has 1 heterocycles. The second-order valence-corrected chi connectivity index (χ2v) is 4.22. The Morgan fingerprint density at radius 3 is 2.88 bits per heavy atom. The minimum atomic E-state index is 0.644. The van der Waals surface area contributed by atoms with Crippen LogP contribution in [-0.4, -0.2) is 43.7 Å². The number of hydrogen-bond donors (Lipinski definition) is 0. The quantitative estimate of drug-likeness (QED) is 0.690. The van der Waals surface area contributed by atoms with Crippen LogP contribution in [0.2, 0.25) is 0 Å². The highest BCUT2D eigenvalue weighted by atomic mass is 79.9. The zero-order valence-corrected chi connectivity index (χ0v) is 11.9. The van der Waals surface area contributed by atoms with Crippen molar-refractivity contribution in [3.8, 4) is 5.75 Å². The molecule has 5 heteroatoms. The Labute approximate surface area is 111 Å². The number of pyridine rings is 1. The maximum Gasteiger partial charge on any atom is 0.171 e. The Morgan fingerprint density at radius 2 is 2.24 bits per heavy atom. The third-order valence-electron chi connectivity index (χ3n) is 2.27. The van der Waals surface area contributed by atoms with E-state index >= 15 is 0 Å². The highest BCUT2D eigenvalue weighted by molar-refractivity contribution is 9.09. The first-order valence-electron chi connectivity index (χ1n) is 5.71. The molecular weight excluding hydrogens is 284 g/mol. The van der Waals surface area contributed by atoms with Gasteiger partial charge in [-0.2, -0.15) is 0 Å². The number of alkyl halides is 1. The fourth-order valence-corrected chi connectivity index (χ4v) is 1.94. The monoisotopic (exact) mass is 302 g/mol. The lowest BCUT2D eigenvalue weighted by Gasteiger charge is -2.24. The molecular formula is C12H19BrN2O2. The number of rotatable bonds is 8. The van der Waals surface area contributed by atoms with Gasteiger partial charge < -0.3 is 14.4 Å². The van der Waals surface area contributed by atoms with Gasteiger partial charge in [0.05, 0.1) is 13.2 Å². The van der Waals surface area contributed by atoms with E-state index in [0.29, 0.717) is 13.2 Å². The molecule has 0 aromatic carbocycles. The summed E-state index contributed by atoms with van der Waals surface area (Å²) in [6, 6.07) is 3.83. The van der Waals surface area contributed by atoms with Gasteiger partial charge in [-0.25, -0.2) is 4.98 Å². The van der Waals surface area contributed by atoms with Gasteiger partial charge in [-0.1, -0.05) is 15.9 Å². The molecule has 0 amide bonds. The number of nitrogens with zero attached hydrogens (tertiary/aromatic N) is 2. The SMILES string of the molecule is CCOc1cccnc1N(CCBr)CCOC. The Balaban J connectivity index is 2.83. The molecule has 0 N–H and O–H groups in total. The molecule has 0 aliphatic rings. The molecule has 0 bridgehead atoms. The fourth-order valence-electron chi connectivity index (χ4n) is 1.51. The van der Waals surface area contributed by atoms with E-state index < -0.39 is 0 Å². The van der Waals surface area contributed by atoms with Gasteiger partial charge >= 0.3 is 0 Å². The van der Waals surface area contributed by atoms with Crippen LogP contribution in [0.3, 0.4) is 0 Å².